The van der Waals surface area contributed by atoms with E-state index >= 15 is 0 Å². The highest BCUT2D eigenvalue weighted by Crippen LogP contribution is 2.33. The molecule has 1 heterocycles. The SMILES string of the molecule is CC1CCCC(CN(CC2CCCCN2)C2CC2)C1. The molecule has 2 aliphatic carbocycles. The predicted molar refractivity (Wildman–Crippen MR) is 81.4 cm³/mol. The van der Waals surface area contributed by atoms with E-state index < -0.39 is 0 Å². The third-order valence-electron chi connectivity index (χ3n) is 5.47. The van der Waals surface area contributed by atoms with Crippen LogP contribution >= 0.6 is 0 Å². The van der Waals surface area contributed by atoms with Gasteiger partial charge in [-0.3, -0.25) is 4.90 Å². The van der Waals surface area contributed by atoms with Crippen molar-refractivity contribution in [2.45, 2.75) is 76.8 Å². The molecule has 3 unspecified atom stereocenters. The Hall–Kier alpha value is -0.0800. The Morgan fingerprint density at radius 2 is 1.84 bits per heavy atom. The first-order valence-corrected chi connectivity index (χ1v) is 8.78. The average molecular weight is 264 g/mol. The van der Waals surface area contributed by atoms with Crippen molar-refractivity contribution in [3.63, 3.8) is 0 Å². The number of rotatable bonds is 5. The summed E-state index contributed by atoms with van der Waals surface area (Å²) in [5, 5.41) is 3.74. The molecule has 0 aromatic carbocycles. The minimum absolute atomic E-state index is 0.787. The number of hydrogen-bond donors (Lipinski definition) is 1. The number of piperidine rings is 1. The molecule has 0 radical (unpaired) electrons. The van der Waals surface area contributed by atoms with Crippen LogP contribution in [-0.2, 0) is 0 Å². The first-order valence-electron chi connectivity index (χ1n) is 8.78. The topological polar surface area (TPSA) is 15.3 Å². The lowest BCUT2D eigenvalue weighted by atomic mass is 9.82. The largest absolute Gasteiger partial charge is 0.313 e. The molecule has 3 fully saturated rings. The van der Waals surface area contributed by atoms with Gasteiger partial charge in [-0.2, -0.15) is 0 Å². The molecule has 0 amide bonds. The fraction of sp³-hybridized carbons (Fsp3) is 1.00. The second-order valence-corrected chi connectivity index (χ2v) is 7.47. The molecule has 0 aromatic rings. The smallest absolute Gasteiger partial charge is 0.0195 e. The number of hydrogen-bond acceptors (Lipinski definition) is 2. The summed E-state index contributed by atoms with van der Waals surface area (Å²) in [6.45, 7) is 6.43. The summed E-state index contributed by atoms with van der Waals surface area (Å²) in [5.74, 6) is 1.97. The van der Waals surface area contributed by atoms with E-state index in [-0.39, 0.29) is 0 Å². The van der Waals surface area contributed by atoms with Crippen LogP contribution in [0.25, 0.3) is 0 Å². The van der Waals surface area contributed by atoms with E-state index in [0.29, 0.717) is 0 Å². The van der Waals surface area contributed by atoms with Crippen LogP contribution in [0.15, 0.2) is 0 Å². The van der Waals surface area contributed by atoms with Crippen LogP contribution in [0.3, 0.4) is 0 Å². The van der Waals surface area contributed by atoms with Crippen LogP contribution < -0.4 is 5.32 Å². The van der Waals surface area contributed by atoms with Crippen LogP contribution in [0, 0.1) is 11.8 Å². The standard InChI is InChI=1S/C17H32N2/c1-14-5-4-6-15(11-14)12-19(17-8-9-17)13-16-7-2-3-10-18-16/h14-18H,2-13H2,1H3. The molecule has 19 heavy (non-hydrogen) atoms. The Labute approximate surface area is 119 Å². The Bertz CT molecular complexity index is 268. The molecule has 3 rings (SSSR count). The third-order valence-corrected chi connectivity index (χ3v) is 5.47. The molecule has 0 aromatic heterocycles. The molecule has 3 aliphatic rings. The monoisotopic (exact) mass is 264 g/mol. The summed E-state index contributed by atoms with van der Waals surface area (Å²) < 4.78 is 0. The Kier molecular flexibility index (Phi) is 4.81. The first-order chi connectivity index (χ1) is 9.31. The van der Waals surface area contributed by atoms with E-state index in [1.165, 1.54) is 77.4 Å². The molecule has 2 heteroatoms. The second-order valence-electron chi connectivity index (χ2n) is 7.47. The van der Waals surface area contributed by atoms with Crippen LogP contribution in [0.1, 0.15) is 64.7 Å². The van der Waals surface area contributed by atoms with Gasteiger partial charge >= 0.3 is 0 Å². The fourth-order valence-corrected chi connectivity index (χ4v) is 4.23. The average Bonchev–Trinajstić information content (AvgIpc) is 3.23. The van der Waals surface area contributed by atoms with Gasteiger partial charge in [0.15, 0.2) is 0 Å². The quantitative estimate of drug-likeness (QED) is 0.818. The summed E-state index contributed by atoms with van der Waals surface area (Å²) in [5.41, 5.74) is 0. The molecule has 0 bridgehead atoms. The zero-order valence-electron chi connectivity index (χ0n) is 12.7. The van der Waals surface area contributed by atoms with Crippen LogP contribution in [0.4, 0.5) is 0 Å². The van der Waals surface area contributed by atoms with Gasteiger partial charge in [-0.1, -0.05) is 26.2 Å². The van der Waals surface area contributed by atoms with Crippen molar-refractivity contribution in [3.05, 3.63) is 0 Å². The van der Waals surface area contributed by atoms with Crippen LogP contribution in [0.5, 0.6) is 0 Å². The molecular formula is C17H32N2. The lowest BCUT2D eigenvalue weighted by molar-refractivity contribution is 0.153. The number of nitrogens with zero attached hydrogens (tertiary/aromatic N) is 1. The summed E-state index contributed by atoms with van der Waals surface area (Å²) in [7, 11) is 0. The summed E-state index contributed by atoms with van der Waals surface area (Å²) in [4.78, 5) is 2.85. The van der Waals surface area contributed by atoms with Crippen molar-refractivity contribution in [2.24, 2.45) is 11.8 Å². The highest BCUT2D eigenvalue weighted by Gasteiger charge is 2.33. The maximum atomic E-state index is 3.74. The van der Waals surface area contributed by atoms with E-state index in [1.807, 2.05) is 0 Å². The normalized spacial score (nSPS) is 36.6. The van der Waals surface area contributed by atoms with Crippen molar-refractivity contribution in [1.82, 2.24) is 10.2 Å². The molecular weight excluding hydrogens is 232 g/mol. The molecule has 2 nitrogen and oxygen atoms in total. The molecule has 2 saturated carbocycles. The van der Waals surface area contributed by atoms with Crippen LogP contribution in [0.2, 0.25) is 0 Å². The summed E-state index contributed by atoms with van der Waals surface area (Å²) >= 11 is 0. The van der Waals surface area contributed by atoms with E-state index in [2.05, 4.69) is 17.1 Å². The van der Waals surface area contributed by atoms with Gasteiger partial charge in [-0.25, -0.2) is 0 Å². The molecule has 1 saturated heterocycles. The lowest BCUT2D eigenvalue weighted by Gasteiger charge is -2.35. The van der Waals surface area contributed by atoms with Crippen molar-refractivity contribution in [1.29, 1.82) is 0 Å². The minimum Gasteiger partial charge on any atom is -0.313 e. The van der Waals surface area contributed by atoms with Gasteiger partial charge in [-0.05, 0) is 56.9 Å². The van der Waals surface area contributed by atoms with Crippen molar-refractivity contribution in [2.75, 3.05) is 19.6 Å². The van der Waals surface area contributed by atoms with Gasteiger partial charge in [0.2, 0.25) is 0 Å². The van der Waals surface area contributed by atoms with Crippen LogP contribution in [-0.4, -0.2) is 36.6 Å². The molecule has 3 atom stereocenters. The van der Waals surface area contributed by atoms with E-state index in [4.69, 9.17) is 0 Å². The lowest BCUT2D eigenvalue weighted by Crippen LogP contribution is -2.46. The van der Waals surface area contributed by atoms with E-state index in [0.717, 1.165) is 23.9 Å². The van der Waals surface area contributed by atoms with Crippen molar-refractivity contribution in [3.8, 4) is 0 Å². The minimum atomic E-state index is 0.787. The Morgan fingerprint density at radius 3 is 2.53 bits per heavy atom. The Balaban J connectivity index is 1.49. The molecule has 1 N–H and O–H groups in total. The fourth-order valence-electron chi connectivity index (χ4n) is 4.23. The summed E-state index contributed by atoms with van der Waals surface area (Å²) in [6, 6.07) is 1.73. The summed E-state index contributed by atoms with van der Waals surface area (Å²) in [6.07, 6.45) is 13.1. The molecule has 110 valence electrons. The zero-order chi connectivity index (χ0) is 13.1. The molecule has 0 spiro atoms. The number of nitrogens with one attached hydrogen (secondary N) is 1. The maximum absolute atomic E-state index is 3.74. The maximum Gasteiger partial charge on any atom is 0.0195 e. The third kappa shape index (κ3) is 4.19. The van der Waals surface area contributed by atoms with Gasteiger partial charge in [-0.15, -0.1) is 0 Å². The first kappa shape index (κ1) is 13.9. The van der Waals surface area contributed by atoms with Gasteiger partial charge in [0.05, 0.1) is 0 Å². The van der Waals surface area contributed by atoms with E-state index in [1.54, 1.807) is 0 Å². The zero-order valence-corrected chi connectivity index (χ0v) is 12.7. The van der Waals surface area contributed by atoms with E-state index in [9.17, 15) is 0 Å². The highest BCUT2D eigenvalue weighted by atomic mass is 15.2. The van der Waals surface area contributed by atoms with Gasteiger partial charge in [0.25, 0.3) is 0 Å². The van der Waals surface area contributed by atoms with Crippen molar-refractivity contribution < 1.29 is 0 Å². The van der Waals surface area contributed by atoms with Gasteiger partial charge in [0, 0.05) is 25.2 Å². The predicted octanol–water partition coefficient (Wildman–Crippen LogP) is 3.42. The van der Waals surface area contributed by atoms with Gasteiger partial charge in [0.1, 0.15) is 0 Å². The highest BCUT2D eigenvalue weighted by molar-refractivity contribution is 4.89. The Morgan fingerprint density at radius 1 is 0.947 bits per heavy atom. The van der Waals surface area contributed by atoms with Gasteiger partial charge < -0.3 is 5.32 Å². The van der Waals surface area contributed by atoms with Crippen molar-refractivity contribution >= 4 is 0 Å². The molecule has 1 aliphatic heterocycles. The second kappa shape index (κ2) is 6.58.